The SMILES string of the molecule is Fc1cc(I)c[nH]c1=S. The van der Waals surface area contributed by atoms with Gasteiger partial charge in [-0.25, -0.2) is 4.39 Å². The molecule has 0 aliphatic rings. The van der Waals surface area contributed by atoms with Crippen molar-refractivity contribution in [2.45, 2.75) is 0 Å². The molecule has 0 bridgehead atoms. The van der Waals surface area contributed by atoms with Crippen molar-refractivity contribution in [2.75, 3.05) is 0 Å². The fraction of sp³-hybridized carbons (Fsp3) is 0. The summed E-state index contributed by atoms with van der Waals surface area (Å²) >= 11 is 6.58. The minimum atomic E-state index is -0.364. The molecule has 1 aromatic heterocycles. The molecule has 0 saturated carbocycles. The lowest BCUT2D eigenvalue weighted by Gasteiger charge is -1.88. The first-order valence-corrected chi connectivity index (χ1v) is 3.72. The molecule has 4 heteroatoms. The Morgan fingerprint density at radius 3 is 2.78 bits per heavy atom. The highest BCUT2D eigenvalue weighted by Crippen LogP contribution is 2.04. The van der Waals surface area contributed by atoms with Crippen molar-refractivity contribution >= 4 is 34.8 Å². The molecule has 1 aromatic rings. The molecule has 0 aliphatic heterocycles. The summed E-state index contributed by atoms with van der Waals surface area (Å²) < 4.78 is 13.4. The van der Waals surface area contributed by atoms with Crippen molar-refractivity contribution in [3.63, 3.8) is 0 Å². The Morgan fingerprint density at radius 2 is 2.33 bits per heavy atom. The molecule has 0 spiro atoms. The van der Waals surface area contributed by atoms with E-state index in [1.807, 2.05) is 22.6 Å². The molecule has 0 radical (unpaired) electrons. The summed E-state index contributed by atoms with van der Waals surface area (Å²) in [5.74, 6) is -0.364. The number of hydrogen-bond donors (Lipinski definition) is 1. The smallest absolute Gasteiger partial charge is 0.158 e. The van der Waals surface area contributed by atoms with Crippen LogP contribution in [0, 0.1) is 14.0 Å². The molecule has 9 heavy (non-hydrogen) atoms. The van der Waals surface area contributed by atoms with Crippen LogP contribution >= 0.6 is 34.8 Å². The average molecular weight is 255 g/mol. The van der Waals surface area contributed by atoms with E-state index in [0.29, 0.717) is 0 Å². The zero-order valence-electron chi connectivity index (χ0n) is 4.32. The molecule has 0 atom stereocenters. The number of rotatable bonds is 0. The summed E-state index contributed by atoms with van der Waals surface area (Å²) in [6, 6.07) is 1.39. The quantitative estimate of drug-likeness (QED) is 0.556. The fourth-order valence-corrected chi connectivity index (χ4v) is 0.979. The van der Waals surface area contributed by atoms with Gasteiger partial charge in [0.1, 0.15) is 4.64 Å². The first-order valence-electron chi connectivity index (χ1n) is 2.24. The molecule has 1 rings (SSSR count). The topological polar surface area (TPSA) is 15.8 Å². The van der Waals surface area contributed by atoms with E-state index in [4.69, 9.17) is 0 Å². The normalized spacial score (nSPS) is 9.56. The van der Waals surface area contributed by atoms with E-state index in [-0.39, 0.29) is 10.5 Å². The van der Waals surface area contributed by atoms with Crippen molar-refractivity contribution in [1.82, 2.24) is 4.98 Å². The minimum Gasteiger partial charge on any atom is -0.349 e. The van der Waals surface area contributed by atoms with Gasteiger partial charge in [-0.3, -0.25) is 0 Å². The van der Waals surface area contributed by atoms with Crippen LogP contribution in [-0.2, 0) is 0 Å². The van der Waals surface area contributed by atoms with Gasteiger partial charge >= 0.3 is 0 Å². The van der Waals surface area contributed by atoms with E-state index in [1.54, 1.807) is 6.20 Å². The Labute approximate surface area is 70.4 Å². The second kappa shape index (κ2) is 2.74. The number of aromatic amines is 1. The number of halogens is 2. The number of pyridine rings is 1. The predicted octanol–water partition coefficient (Wildman–Crippen LogP) is 2.49. The molecule has 1 heterocycles. The Morgan fingerprint density at radius 1 is 1.67 bits per heavy atom. The maximum atomic E-state index is 12.4. The molecule has 0 unspecified atom stereocenters. The molecule has 0 saturated heterocycles. The maximum Gasteiger partial charge on any atom is 0.158 e. The summed E-state index contributed by atoms with van der Waals surface area (Å²) in [6.45, 7) is 0. The monoisotopic (exact) mass is 255 g/mol. The highest BCUT2D eigenvalue weighted by Gasteiger charge is 1.91. The highest BCUT2D eigenvalue weighted by atomic mass is 127. The molecule has 0 aromatic carbocycles. The van der Waals surface area contributed by atoms with Crippen molar-refractivity contribution < 1.29 is 4.39 Å². The van der Waals surface area contributed by atoms with Crippen molar-refractivity contribution in [2.24, 2.45) is 0 Å². The van der Waals surface area contributed by atoms with E-state index in [1.165, 1.54) is 6.07 Å². The molecule has 48 valence electrons. The van der Waals surface area contributed by atoms with Gasteiger partial charge in [0, 0.05) is 9.77 Å². The molecule has 0 fully saturated rings. The van der Waals surface area contributed by atoms with Crippen molar-refractivity contribution in [3.05, 3.63) is 26.3 Å². The number of H-pyrrole nitrogens is 1. The second-order valence-corrected chi connectivity index (χ2v) is 3.15. The third-order valence-corrected chi connectivity index (χ3v) is 1.76. The minimum absolute atomic E-state index is 0.162. The van der Waals surface area contributed by atoms with Crippen LogP contribution in [0.2, 0.25) is 0 Å². The Bertz CT molecular complexity index is 270. The van der Waals surface area contributed by atoms with Gasteiger partial charge in [0.2, 0.25) is 0 Å². The van der Waals surface area contributed by atoms with Crippen molar-refractivity contribution in [1.29, 1.82) is 0 Å². The van der Waals surface area contributed by atoms with E-state index < -0.39 is 0 Å². The lowest BCUT2D eigenvalue weighted by atomic mass is 10.5. The molecule has 1 N–H and O–H groups in total. The number of aromatic nitrogens is 1. The predicted molar refractivity (Wildman–Crippen MR) is 44.3 cm³/mol. The number of hydrogen-bond acceptors (Lipinski definition) is 1. The highest BCUT2D eigenvalue weighted by molar-refractivity contribution is 14.1. The summed E-state index contributed by atoms with van der Waals surface area (Å²) in [7, 11) is 0. The zero-order valence-corrected chi connectivity index (χ0v) is 7.29. The van der Waals surface area contributed by atoms with Gasteiger partial charge in [0.05, 0.1) is 0 Å². The van der Waals surface area contributed by atoms with Crippen LogP contribution in [-0.4, -0.2) is 4.98 Å². The van der Waals surface area contributed by atoms with Crippen LogP contribution in [0.25, 0.3) is 0 Å². The summed E-state index contributed by atoms with van der Waals surface area (Å²) in [5, 5.41) is 0. The molecule has 1 nitrogen and oxygen atoms in total. The second-order valence-electron chi connectivity index (χ2n) is 1.49. The average Bonchev–Trinajstić information content (AvgIpc) is 1.80. The van der Waals surface area contributed by atoms with E-state index >= 15 is 0 Å². The third-order valence-electron chi connectivity index (χ3n) is 0.823. The molecular formula is C5H3FINS. The van der Waals surface area contributed by atoms with Gasteiger partial charge in [-0.15, -0.1) is 0 Å². The van der Waals surface area contributed by atoms with Crippen LogP contribution in [0.5, 0.6) is 0 Å². The van der Waals surface area contributed by atoms with Crippen LogP contribution < -0.4 is 0 Å². The van der Waals surface area contributed by atoms with Gasteiger partial charge < -0.3 is 4.98 Å². The van der Waals surface area contributed by atoms with Crippen LogP contribution in [0.15, 0.2) is 12.3 Å². The van der Waals surface area contributed by atoms with Crippen molar-refractivity contribution in [3.8, 4) is 0 Å². The molecular weight excluding hydrogens is 252 g/mol. The van der Waals surface area contributed by atoms with Crippen LogP contribution in [0.3, 0.4) is 0 Å². The van der Waals surface area contributed by atoms with Gasteiger partial charge in [-0.2, -0.15) is 0 Å². The van der Waals surface area contributed by atoms with Gasteiger partial charge in [-0.05, 0) is 28.7 Å². The standard InChI is InChI=1S/C5H3FINS/c6-4-1-3(7)2-8-5(4)9/h1-2H,(H,8,9). The Hall–Kier alpha value is 0.0300. The first kappa shape index (κ1) is 7.14. The van der Waals surface area contributed by atoms with E-state index in [2.05, 4.69) is 17.2 Å². The zero-order chi connectivity index (χ0) is 6.85. The molecule has 0 aliphatic carbocycles. The lowest BCUT2D eigenvalue weighted by Crippen LogP contribution is -1.81. The summed E-state index contributed by atoms with van der Waals surface area (Å²) in [5.41, 5.74) is 0. The van der Waals surface area contributed by atoms with E-state index in [0.717, 1.165) is 3.57 Å². The Kier molecular flexibility index (Phi) is 2.18. The Balaban J connectivity index is 3.34. The van der Waals surface area contributed by atoms with E-state index in [9.17, 15) is 4.39 Å². The van der Waals surface area contributed by atoms with Crippen LogP contribution in [0.1, 0.15) is 0 Å². The largest absolute Gasteiger partial charge is 0.349 e. The van der Waals surface area contributed by atoms with Gasteiger partial charge in [0.15, 0.2) is 5.82 Å². The molecule has 0 amide bonds. The third kappa shape index (κ3) is 1.72. The first-order chi connectivity index (χ1) is 4.20. The van der Waals surface area contributed by atoms with Gasteiger partial charge in [0.25, 0.3) is 0 Å². The summed E-state index contributed by atoms with van der Waals surface area (Å²) in [6.07, 6.45) is 1.66. The maximum absolute atomic E-state index is 12.4. The fourth-order valence-electron chi connectivity index (χ4n) is 0.432. The van der Waals surface area contributed by atoms with Crippen LogP contribution in [0.4, 0.5) is 4.39 Å². The lowest BCUT2D eigenvalue weighted by molar-refractivity contribution is 0.615. The number of nitrogens with one attached hydrogen (secondary N) is 1. The van der Waals surface area contributed by atoms with Gasteiger partial charge in [-0.1, -0.05) is 12.2 Å². The summed E-state index contributed by atoms with van der Waals surface area (Å²) in [4.78, 5) is 2.60.